The lowest BCUT2D eigenvalue weighted by Crippen LogP contribution is -2.01. The highest BCUT2D eigenvalue weighted by atomic mass is 32.2. The van der Waals surface area contributed by atoms with Crippen LogP contribution < -0.4 is 9.47 Å². The number of fused-ring (bicyclic) bond motifs is 1. The van der Waals surface area contributed by atoms with Crippen LogP contribution in [0, 0.1) is 13.8 Å². The number of rotatable bonds is 5. The van der Waals surface area contributed by atoms with Gasteiger partial charge in [-0.25, -0.2) is 8.42 Å². The number of para-hydroxylation sites is 1. The maximum Gasteiger partial charge on any atom is 0.208 e. The summed E-state index contributed by atoms with van der Waals surface area (Å²) in [5, 5.41) is 0.588. The van der Waals surface area contributed by atoms with Gasteiger partial charge < -0.3 is 14.5 Å². The van der Waals surface area contributed by atoms with Crippen LogP contribution in [-0.2, 0) is 9.84 Å². The number of benzene rings is 3. The fourth-order valence-electron chi connectivity index (χ4n) is 3.32. The van der Waals surface area contributed by atoms with Gasteiger partial charge in [0.2, 0.25) is 9.84 Å². The first kappa shape index (κ1) is 19.1. The number of ether oxygens (including phenoxy) is 2. The maximum atomic E-state index is 13.2. The fourth-order valence-corrected chi connectivity index (χ4v) is 4.74. The number of hydrogen-bond donors (Lipinski definition) is 1. The van der Waals surface area contributed by atoms with Gasteiger partial charge in [-0.05, 0) is 67.4 Å². The van der Waals surface area contributed by atoms with E-state index in [0.29, 0.717) is 16.9 Å². The summed E-state index contributed by atoms with van der Waals surface area (Å²) in [6.07, 6.45) is 1.52. The van der Waals surface area contributed by atoms with Crippen molar-refractivity contribution in [2.75, 3.05) is 7.11 Å². The molecule has 0 amide bonds. The molecule has 4 aromatic rings. The largest absolute Gasteiger partial charge is 0.497 e. The highest BCUT2D eigenvalue weighted by molar-refractivity contribution is 7.91. The van der Waals surface area contributed by atoms with Crippen molar-refractivity contribution in [3.63, 3.8) is 0 Å². The van der Waals surface area contributed by atoms with E-state index in [9.17, 15) is 8.42 Å². The molecular weight excluding hydrogens is 386 g/mol. The van der Waals surface area contributed by atoms with E-state index in [1.165, 1.54) is 6.20 Å². The van der Waals surface area contributed by atoms with Crippen LogP contribution in [0.2, 0.25) is 0 Å². The summed E-state index contributed by atoms with van der Waals surface area (Å²) in [5.41, 5.74) is 2.77. The van der Waals surface area contributed by atoms with Gasteiger partial charge in [-0.15, -0.1) is 0 Å². The quantitative estimate of drug-likeness (QED) is 0.480. The summed E-state index contributed by atoms with van der Waals surface area (Å²) < 4.78 is 37.6. The van der Waals surface area contributed by atoms with E-state index < -0.39 is 9.84 Å². The summed E-state index contributed by atoms with van der Waals surface area (Å²) in [6.45, 7) is 3.97. The molecule has 1 N–H and O–H groups in total. The van der Waals surface area contributed by atoms with E-state index >= 15 is 0 Å². The Morgan fingerprint density at radius 3 is 2.17 bits per heavy atom. The van der Waals surface area contributed by atoms with Crippen LogP contribution in [0.4, 0.5) is 0 Å². The van der Waals surface area contributed by atoms with Crippen LogP contribution in [0.3, 0.4) is 0 Å². The third kappa shape index (κ3) is 3.47. The molecule has 4 rings (SSSR count). The Hall–Kier alpha value is -3.25. The number of sulfone groups is 1. The second-order valence-electron chi connectivity index (χ2n) is 6.86. The summed E-state index contributed by atoms with van der Waals surface area (Å²) in [5.74, 6) is 1.97. The first-order chi connectivity index (χ1) is 13.9. The molecule has 0 fully saturated rings. The summed E-state index contributed by atoms with van der Waals surface area (Å²) in [6, 6.07) is 17.7. The molecule has 0 aliphatic carbocycles. The van der Waals surface area contributed by atoms with E-state index in [4.69, 9.17) is 9.47 Å². The van der Waals surface area contributed by atoms with E-state index in [2.05, 4.69) is 4.98 Å². The van der Waals surface area contributed by atoms with Gasteiger partial charge in [-0.1, -0.05) is 18.2 Å². The van der Waals surface area contributed by atoms with Crippen LogP contribution >= 0.6 is 0 Å². The average Bonchev–Trinajstić information content (AvgIpc) is 3.15. The van der Waals surface area contributed by atoms with Crippen molar-refractivity contribution in [3.8, 4) is 17.2 Å². The zero-order valence-corrected chi connectivity index (χ0v) is 17.2. The molecule has 0 saturated carbocycles. The monoisotopic (exact) mass is 407 g/mol. The summed E-state index contributed by atoms with van der Waals surface area (Å²) in [7, 11) is -2.15. The van der Waals surface area contributed by atoms with E-state index in [-0.39, 0.29) is 9.79 Å². The Bertz CT molecular complexity index is 1270. The molecule has 1 aromatic heterocycles. The van der Waals surface area contributed by atoms with Crippen molar-refractivity contribution in [2.45, 2.75) is 23.6 Å². The highest BCUT2D eigenvalue weighted by Gasteiger charge is 2.22. The molecule has 6 heteroatoms. The molecule has 0 radical (unpaired) electrons. The number of nitrogens with one attached hydrogen (secondary N) is 1. The molecule has 29 heavy (non-hydrogen) atoms. The molecule has 0 atom stereocenters. The van der Waals surface area contributed by atoms with Crippen LogP contribution in [0.5, 0.6) is 17.2 Å². The van der Waals surface area contributed by atoms with Gasteiger partial charge in [0.1, 0.15) is 17.2 Å². The molecule has 0 saturated heterocycles. The van der Waals surface area contributed by atoms with Crippen molar-refractivity contribution in [2.24, 2.45) is 0 Å². The smallest absolute Gasteiger partial charge is 0.208 e. The third-order valence-corrected chi connectivity index (χ3v) is 6.71. The van der Waals surface area contributed by atoms with Crippen molar-refractivity contribution in [3.05, 3.63) is 78.0 Å². The second kappa shape index (κ2) is 7.29. The lowest BCUT2D eigenvalue weighted by Gasteiger charge is -2.12. The lowest BCUT2D eigenvalue weighted by molar-refractivity contribution is 0.414. The Morgan fingerprint density at radius 2 is 1.52 bits per heavy atom. The van der Waals surface area contributed by atoms with Crippen molar-refractivity contribution < 1.29 is 17.9 Å². The van der Waals surface area contributed by atoms with Gasteiger partial charge in [0.05, 0.1) is 16.9 Å². The molecule has 3 aromatic carbocycles. The first-order valence-electron chi connectivity index (χ1n) is 9.14. The summed E-state index contributed by atoms with van der Waals surface area (Å²) in [4.78, 5) is 3.46. The van der Waals surface area contributed by atoms with Crippen molar-refractivity contribution >= 4 is 20.7 Å². The number of aromatic nitrogens is 1. The minimum atomic E-state index is -3.70. The minimum Gasteiger partial charge on any atom is -0.497 e. The van der Waals surface area contributed by atoms with E-state index in [1.54, 1.807) is 37.4 Å². The van der Waals surface area contributed by atoms with Crippen LogP contribution in [-0.4, -0.2) is 20.5 Å². The predicted octanol–water partition coefficient (Wildman–Crippen LogP) is 5.42. The molecule has 1 heterocycles. The lowest BCUT2D eigenvalue weighted by atomic mass is 10.1. The zero-order valence-electron chi connectivity index (χ0n) is 16.4. The number of H-pyrrole nitrogens is 1. The van der Waals surface area contributed by atoms with Gasteiger partial charge in [-0.2, -0.15) is 0 Å². The number of aryl methyl sites for hydroxylation is 2. The Kier molecular flexibility index (Phi) is 4.80. The topological polar surface area (TPSA) is 68.4 Å². The standard InChI is InChI=1S/C23H21NO4S/c1-15-5-4-6-16(2)23(15)28-18-9-12-21-20(13-18)22(14-24-21)29(25,26)19-10-7-17(27-3)8-11-19/h4-14,24H,1-3H3. The van der Waals surface area contributed by atoms with Crippen LogP contribution in [0.15, 0.2) is 76.7 Å². The molecular formula is C23H21NO4S. The SMILES string of the molecule is COc1ccc(S(=O)(=O)c2c[nH]c3ccc(Oc4c(C)cccc4C)cc23)cc1. The molecule has 5 nitrogen and oxygen atoms in total. The number of methoxy groups -OCH3 is 1. The maximum absolute atomic E-state index is 13.2. The fraction of sp³-hybridized carbons (Fsp3) is 0.130. The van der Waals surface area contributed by atoms with Gasteiger partial charge >= 0.3 is 0 Å². The molecule has 0 bridgehead atoms. The van der Waals surface area contributed by atoms with Crippen LogP contribution in [0.1, 0.15) is 11.1 Å². The summed E-state index contributed by atoms with van der Waals surface area (Å²) >= 11 is 0. The zero-order chi connectivity index (χ0) is 20.6. The Morgan fingerprint density at radius 1 is 0.862 bits per heavy atom. The normalized spacial score (nSPS) is 11.6. The van der Waals surface area contributed by atoms with Crippen LogP contribution in [0.25, 0.3) is 10.9 Å². The van der Waals surface area contributed by atoms with E-state index in [0.717, 1.165) is 22.4 Å². The van der Waals surface area contributed by atoms with Crippen molar-refractivity contribution in [1.29, 1.82) is 0 Å². The Balaban J connectivity index is 1.77. The van der Waals surface area contributed by atoms with E-state index in [1.807, 2.05) is 44.2 Å². The highest BCUT2D eigenvalue weighted by Crippen LogP contribution is 2.34. The van der Waals surface area contributed by atoms with Gasteiger partial charge in [0, 0.05) is 17.1 Å². The molecule has 0 spiro atoms. The molecule has 0 unspecified atom stereocenters. The number of aromatic amines is 1. The van der Waals surface area contributed by atoms with Gasteiger partial charge in [0.25, 0.3) is 0 Å². The first-order valence-corrected chi connectivity index (χ1v) is 10.6. The minimum absolute atomic E-state index is 0.209. The second-order valence-corrected chi connectivity index (χ2v) is 8.78. The van der Waals surface area contributed by atoms with Gasteiger partial charge in [-0.3, -0.25) is 0 Å². The molecule has 0 aliphatic heterocycles. The molecule has 0 aliphatic rings. The van der Waals surface area contributed by atoms with Gasteiger partial charge in [0.15, 0.2) is 0 Å². The number of hydrogen-bond acceptors (Lipinski definition) is 4. The van der Waals surface area contributed by atoms with Crippen molar-refractivity contribution in [1.82, 2.24) is 4.98 Å². The third-order valence-electron chi connectivity index (χ3n) is 4.90. The molecule has 148 valence electrons. The predicted molar refractivity (Wildman–Crippen MR) is 113 cm³/mol. The Labute approximate surface area is 169 Å². The average molecular weight is 407 g/mol.